The van der Waals surface area contributed by atoms with Gasteiger partial charge < -0.3 is 15.2 Å². The van der Waals surface area contributed by atoms with Crippen molar-refractivity contribution in [2.24, 2.45) is 0 Å². The topological polar surface area (TPSA) is 57.4 Å². The lowest BCUT2D eigenvalue weighted by atomic mass is 10.2. The molecule has 1 aliphatic rings. The monoisotopic (exact) mass is 194 g/mol. The van der Waals surface area contributed by atoms with E-state index in [-0.39, 0.29) is 6.10 Å². The Morgan fingerprint density at radius 1 is 1.64 bits per heavy atom. The lowest BCUT2D eigenvalue weighted by molar-refractivity contribution is 0.0317. The summed E-state index contributed by atoms with van der Waals surface area (Å²) in [5.74, 6) is 0.536. The molecule has 2 N–H and O–H groups in total. The number of hydrogen-bond acceptors (Lipinski definition) is 4. The fourth-order valence-electron chi connectivity index (χ4n) is 1.44. The van der Waals surface area contributed by atoms with Crippen LogP contribution in [0.1, 0.15) is 12.0 Å². The van der Waals surface area contributed by atoms with Gasteiger partial charge in [-0.3, -0.25) is 0 Å². The van der Waals surface area contributed by atoms with E-state index in [0.717, 1.165) is 18.6 Å². The summed E-state index contributed by atoms with van der Waals surface area (Å²) >= 11 is 0. The highest BCUT2D eigenvalue weighted by molar-refractivity contribution is 5.31. The Morgan fingerprint density at radius 2 is 2.57 bits per heavy atom. The van der Waals surface area contributed by atoms with Crippen LogP contribution >= 0.6 is 0 Å². The van der Waals surface area contributed by atoms with E-state index in [1.54, 1.807) is 6.20 Å². The fourth-order valence-corrected chi connectivity index (χ4v) is 1.44. The average Bonchev–Trinajstić information content (AvgIpc) is 2.67. The second-order valence-electron chi connectivity index (χ2n) is 3.39. The van der Waals surface area contributed by atoms with E-state index in [4.69, 9.17) is 15.2 Å². The Bertz CT molecular complexity index is 298. The van der Waals surface area contributed by atoms with Crippen LogP contribution in [-0.4, -0.2) is 24.3 Å². The largest absolute Gasteiger partial charge is 0.384 e. The normalized spacial score (nSPS) is 21.3. The zero-order chi connectivity index (χ0) is 9.80. The van der Waals surface area contributed by atoms with Crippen molar-refractivity contribution in [3.8, 4) is 0 Å². The highest BCUT2D eigenvalue weighted by atomic mass is 16.5. The van der Waals surface area contributed by atoms with Crippen LogP contribution in [0, 0.1) is 0 Å². The number of aromatic nitrogens is 1. The van der Waals surface area contributed by atoms with Gasteiger partial charge in [0.25, 0.3) is 0 Å². The van der Waals surface area contributed by atoms with Crippen molar-refractivity contribution < 1.29 is 9.47 Å². The van der Waals surface area contributed by atoms with E-state index in [9.17, 15) is 0 Å². The third-order valence-electron chi connectivity index (χ3n) is 2.22. The molecule has 0 bridgehead atoms. The maximum absolute atomic E-state index is 5.64. The van der Waals surface area contributed by atoms with Crippen molar-refractivity contribution in [3.63, 3.8) is 0 Å². The Kier molecular flexibility index (Phi) is 2.96. The molecule has 0 amide bonds. The first-order valence-corrected chi connectivity index (χ1v) is 4.74. The zero-order valence-corrected chi connectivity index (χ0v) is 7.98. The van der Waals surface area contributed by atoms with Crippen molar-refractivity contribution in [1.82, 2.24) is 4.98 Å². The van der Waals surface area contributed by atoms with Crippen LogP contribution in [0.2, 0.25) is 0 Å². The van der Waals surface area contributed by atoms with Crippen LogP contribution < -0.4 is 5.73 Å². The minimum atomic E-state index is 0.240. The predicted molar refractivity (Wildman–Crippen MR) is 52.7 cm³/mol. The maximum Gasteiger partial charge on any atom is 0.123 e. The zero-order valence-electron chi connectivity index (χ0n) is 7.98. The molecule has 1 saturated heterocycles. The Labute approximate surface area is 83.0 Å². The SMILES string of the molecule is Nc1cc(COC2CCOC2)ccn1. The van der Waals surface area contributed by atoms with Gasteiger partial charge in [0, 0.05) is 12.8 Å². The molecule has 2 heterocycles. The maximum atomic E-state index is 5.64. The molecular formula is C10H14N2O2. The van der Waals surface area contributed by atoms with E-state index in [2.05, 4.69) is 4.98 Å². The van der Waals surface area contributed by atoms with Crippen LogP contribution in [0.3, 0.4) is 0 Å². The lowest BCUT2D eigenvalue weighted by Crippen LogP contribution is -2.12. The van der Waals surface area contributed by atoms with Crippen LogP contribution in [0.5, 0.6) is 0 Å². The van der Waals surface area contributed by atoms with Gasteiger partial charge >= 0.3 is 0 Å². The van der Waals surface area contributed by atoms with Gasteiger partial charge in [-0.1, -0.05) is 0 Å². The van der Waals surface area contributed by atoms with E-state index < -0.39 is 0 Å². The number of anilines is 1. The van der Waals surface area contributed by atoms with E-state index in [1.165, 1.54) is 0 Å². The first-order chi connectivity index (χ1) is 6.84. The summed E-state index contributed by atoms with van der Waals surface area (Å²) in [6, 6.07) is 3.74. The molecule has 0 spiro atoms. The smallest absolute Gasteiger partial charge is 0.123 e. The average molecular weight is 194 g/mol. The first-order valence-electron chi connectivity index (χ1n) is 4.74. The van der Waals surface area contributed by atoms with Gasteiger partial charge in [-0.05, 0) is 24.1 Å². The number of ether oxygens (including phenoxy) is 2. The van der Waals surface area contributed by atoms with Gasteiger partial charge in [-0.2, -0.15) is 0 Å². The molecule has 0 aromatic carbocycles. The summed E-state index contributed by atoms with van der Waals surface area (Å²) in [6.45, 7) is 2.10. The number of pyridine rings is 1. The van der Waals surface area contributed by atoms with Crippen LogP contribution in [0.4, 0.5) is 5.82 Å². The second kappa shape index (κ2) is 4.39. The Hall–Kier alpha value is -1.13. The summed E-state index contributed by atoms with van der Waals surface area (Å²) in [7, 11) is 0. The van der Waals surface area contributed by atoms with Crippen LogP contribution in [0.25, 0.3) is 0 Å². The van der Waals surface area contributed by atoms with Gasteiger partial charge in [0.15, 0.2) is 0 Å². The quantitative estimate of drug-likeness (QED) is 0.779. The van der Waals surface area contributed by atoms with Crippen LogP contribution in [-0.2, 0) is 16.1 Å². The third-order valence-corrected chi connectivity index (χ3v) is 2.22. The van der Waals surface area contributed by atoms with Crippen LogP contribution in [0.15, 0.2) is 18.3 Å². The van der Waals surface area contributed by atoms with E-state index in [0.29, 0.717) is 19.0 Å². The number of nitrogen functional groups attached to an aromatic ring is 1. The van der Waals surface area contributed by atoms with E-state index >= 15 is 0 Å². The molecule has 1 atom stereocenters. The Morgan fingerprint density at radius 3 is 3.29 bits per heavy atom. The van der Waals surface area contributed by atoms with Crippen molar-refractivity contribution in [2.75, 3.05) is 18.9 Å². The minimum Gasteiger partial charge on any atom is -0.384 e. The highest BCUT2D eigenvalue weighted by Crippen LogP contribution is 2.12. The number of nitrogens with two attached hydrogens (primary N) is 1. The summed E-state index contributed by atoms with van der Waals surface area (Å²) in [4.78, 5) is 3.92. The molecule has 1 aromatic heterocycles. The molecular weight excluding hydrogens is 180 g/mol. The predicted octanol–water partition coefficient (Wildman–Crippen LogP) is 0.969. The molecule has 14 heavy (non-hydrogen) atoms. The van der Waals surface area contributed by atoms with Crippen molar-refractivity contribution in [2.45, 2.75) is 19.1 Å². The molecule has 2 rings (SSSR count). The van der Waals surface area contributed by atoms with Crippen molar-refractivity contribution in [3.05, 3.63) is 23.9 Å². The van der Waals surface area contributed by atoms with Crippen molar-refractivity contribution >= 4 is 5.82 Å². The molecule has 1 unspecified atom stereocenters. The third kappa shape index (κ3) is 2.43. The van der Waals surface area contributed by atoms with Gasteiger partial charge in [-0.15, -0.1) is 0 Å². The highest BCUT2D eigenvalue weighted by Gasteiger charge is 2.15. The van der Waals surface area contributed by atoms with Gasteiger partial charge in [-0.25, -0.2) is 4.98 Å². The van der Waals surface area contributed by atoms with E-state index in [1.807, 2.05) is 12.1 Å². The standard InChI is InChI=1S/C10H14N2O2/c11-10-5-8(1-3-12-10)6-14-9-2-4-13-7-9/h1,3,5,9H,2,4,6-7H2,(H2,11,12). The summed E-state index contributed by atoms with van der Waals surface area (Å²) in [6.07, 6.45) is 2.92. The summed E-state index contributed by atoms with van der Waals surface area (Å²) in [5, 5.41) is 0. The fraction of sp³-hybridized carbons (Fsp3) is 0.500. The first kappa shape index (κ1) is 9.43. The number of nitrogens with zero attached hydrogens (tertiary/aromatic N) is 1. The van der Waals surface area contributed by atoms with Gasteiger partial charge in [0.2, 0.25) is 0 Å². The van der Waals surface area contributed by atoms with Gasteiger partial charge in [0.05, 0.1) is 19.3 Å². The molecule has 4 heteroatoms. The molecule has 76 valence electrons. The minimum absolute atomic E-state index is 0.240. The van der Waals surface area contributed by atoms with Crippen molar-refractivity contribution in [1.29, 1.82) is 0 Å². The molecule has 0 aliphatic carbocycles. The second-order valence-corrected chi connectivity index (χ2v) is 3.39. The molecule has 1 fully saturated rings. The summed E-state index contributed by atoms with van der Waals surface area (Å²) in [5.41, 5.74) is 6.61. The molecule has 0 saturated carbocycles. The molecule has 1 aliphatic heterocycles. The number of rotatable bonds is 3. The molecule has 0 radical (unpaired) electrons. The number of hydrogen-bond donors (Lipinski definition) is 1. The van der Waals surface area contributed by atoms with Gasteiger partial charge in [0.1, 0.15) is 5.82 Å². The molecule has 1 aromatic rings. The lowest BCUT2D eigenvalue weighted by Gasteiger charge is -2.09. The summed E-state index contributed by atoms with van der Waals surface area (Å²) < 4.78 is 10.8. The Balaban J connectivity index is 1.85. The molecule has 4 nitrogen and oxygen atoms in total.